The van der Waals surface area contributed by atoms with Gasteiger partial charge in [-0.3, -0.25) is 14.5 Å². The molecule has 0 bridgehead atoms. The maximum atomic E-state index is 13.1. The zero-order chi connectivity index (χ0) is 19.5. The summed E-state index contributed by atoms with van der Waals surface area (Å²) in [6.07, 6.45) is 4.60. The Morgan fingerprint density at radius 1 is 1.11 bits per heavy atom. The Morgan fingerprint density at radius 2 is 1.86 bits per heavy atom. The summed E-state index contributed by atoms with van der Waals surface area (Å²) in [5, 5.41) is 0. The standard InChI is InChI=1S/C20H24FN5O2/c21-15-3-5-16(6-4-15)24-8-10-25(11-9-24)17-2-1-7-26(13-17)20(28)18-12-22-14-23-19(18)27/h3-6,12,14,17H,1-2,7-11,13H2,(H,22,23,27)/t17-/m1/s1. The molecule has 148 valence electrons. The minimum atomic E-state index is -0.393. The molecule has 0 radical (unpaired) electrons. The van der Waals surface area contributed by atoms with Crippen molar-refractivity contribution in [1.82, 2.24) is 19.8 Å². The molecule has 0 aliphatic carbocycles. The van der Waals surface area contributed by atoms with Gasteiger partial charge in [0, 0.05) is 57.2 Å². The number of piperidine rings is 1. The number of likely N-dealkylation sites (tertiary alicyclic amines) is 1. The molecule has 3 heterocycles. The smallest absolute Gasteiger partial charge is 0.263 e. The number of carbonyl (C=O) groups is 1. The number of nitrogens with zero attached hydrogens (tertiary/aromatic N) is 4. The average Bonchev–Trinajstić information content (AvgIpc) is 2.74. The summed E-state index contributed by atoms with van der Waals surface area (Å²) in [4.78, 5) is 37.4. The van der Waals surface area contributed by atoms with Gasteiger partial charge in [-0.15, -0.1) is 0 Å². The number of aromatic amines is 1. The number of hydrogen-bond acceptors (Lipinski definition) is 5. The van der Waals surface area contributed by atoms with Gasteiger partial charge in [-0.05, 0) is 37.1 Å². The summed E-state index contributed by atoms with van der Waals surface area (Å²) in [6.45, 7) is 4.84. The lowest BCUT2D eigenvalue weighted by Gasteiger charge is -2.43. The molecule has 28 heavy (non-hydrogen) atoms. The predicted molar refractivity (Wildman–Crippen MR) is 104 cm³/mol. The van der Waals surface area contributed by atoms with Crippen LogP contribution in [0, 0.1) is 5.82 Å². The highest BCUT2D eigenvalue weighted by molar-refractivity contribution is 5.93. The highest BCUT2D eigenvalue weighted by Gasteiger charge is 2.31. The van der Waals surface area contributed by atoms with Crippen LogP contribution in [0.4, 0.5) is 10.1 Å². The first-order valence-corrected chi connectivity index (χ1v) is 9.68. The maximum Gasteiger partial charge on any atom is 0.263 e. The lowest BCUT2D eigenvalue weighted by Crippen LogP contribution is -2.56. The molecule has 1 atom stereocenters. The number of benzene rings is 1. The molecular weight excluding hydrogens is 361 g/mol. The van der Waals surface area contributed by atoms with E-state index in [9.17, 15) is 14.0 Å². The Bertz CT molecular complexity index is 877. The van der Waals surface area contributed by atoms with Crippen molar-refractivity contribution in [2.75, 3.05) is 44.2 Å². The van der Waals surface area contributed by atoms with Gasteiger partial charge in [0.1, 0.15) is 11.4 Å². The summed E-state index contributed by atoms with van der Waals surface area (Å²) in [7, 11) is 0. The Hall–Kier alpha value is -2.74. The molecule has 1 aromatic heterocycles. The molecule has 2 fully saturated rings. The molecule has 1 N–H and O–H groups in total. The highest BCUT2D eigenvalue weighted by Crippen LogP contribution is 2.22. The van der Waals surface area contributed by atoms with Gasteiger partial charge < -0.3 is 14.8 Å². The van der Waals surface area contributed by atoms with E-state index < -0.39 is 5.56 Å². The molecule has 8 heteroatoms. The third kappa shape index (κ3) is 3.91. The number of amides is 1. The highest BCUT2D eigenvalue weighted by atomic mass is 19.1. The van der Waals surface area contributed by atoms with E-state index >= 15 is 0 Å². The van der Waals surface area contributed by atoms with Crippen molar-refractivity contribution in [3.63, 3.8) is 0 Å². The van der Waals surface area contributed by atoms with Gasteiger partial charge in [0.15, 0.2) is 0 Å². The van der Waals surface area contributed by atoms with Crippen LogP contribution in [0.2, 0.25) is 0 Å². The lowest BCUT2D eigenvalue weighted by molar-refractivity contribution is 0.0561. The zero-order valence-electron chi connectivity index (χ0n) is 15.7. The van der Waals surface area contributed by atoms with Gasteiger partial charge in [0.25, 0.3) is 11.5 Å². The molecule has 0 unspecified atom stereocenters. The van der Waals surface area contributed by atoms with Crippen molar-refractivity contribution in [3.05, 3.63) is 58.5 Å². The fourth-order valence-electron chi connectivity index (χ4n) is 4.10. The molecule has 2 aromatic rings. The minimum absolute atomic E-state index is 0.101. The van der Waals surface area contributed by atoms with Crippen LogP contribution in [0.3, 0.4) is 0 Å². The van der Waals surface area contributed by atoms with Gasteiger partial charge in [0.2, 0.25) is 0 Å². The first-order chi connectivity index (χ1) is 13.6. The van der Waals surface area contributed by atoms with E-state index in [2.05, 4.69) is 19.8 Å². The number of hydrogen-bond donors (Lipinski definition) is 1. The third-order valence-corrected chi connectivity index (χ3v) is 5.66. The normalized spacial score (nSPS) is 21.0. The summed E-state index contributed by atoms with van der Waals surface area (Å²) in [6, 6.07) is 6.91. The molecule has 1 amide bonds. The van der Waals surface area contributed by atoms with Crippen LogP contribution < -0.4 is 10.5 Å². The van der Waals surface area contributed by atoms with E-state index in [-0.39, 0.29) is 17.3 Å². The predicted octanol–water partition coefficient (Wildman–Crippen LogP) is 1.34. The monoisotopic (exact) mass is 385 g/mol. The second-order valence-electron chi connectivity index (χ2n) is 7.34. The number of rotatable bonds is 3. The minimum Gasteiger partial charge on any atom is -0.369 e. The summed E-state index contributed by atoms with van der Waals surface area (Å²) in [5.74, 6) is -0.467. The molecule has 7 nitrogen and oxygen atoms in total. The van der Waals surface area contributed by atoms with Crippen LogP contribution >= 0.6 is 0 Å². The summed E-state index contributed by atoms with van der Waals surface area (Å²) in [5.41, 5.74) is 0.747. The number of carbonyl (C=O) groups excluding carboxylic acids is 1. The van der Waals surface area contributed by atoms with Crippen LogP contribution in [0.15, 0.2) is 41.6 Å². The first-order valence-electron chi connectivity index (χ1n) is 9.68. The van der Waals surface area contributed by atoms with Crippen molar-refractivity contribution >= 4 is 11.6 Å². The van der Waals surface area contributed by atoms with E-state index in [1.165, 1.54) is 24.7 Å². The van der Waals surface area contributed by atoms with Gasteiger partial charge in [-0.25, -0.2) is 9.37 Å². The number of anilines is 1. The van der Waals surface area contributed by atoms with E-state index in [0.29, 0.717) is 19.1 Å². The first kappa shape index (κ1) is 18.6. The number of piperazine rings is 1. The Morgan fingerprint density at radius 3 is 2.57 bits per heavy atom. The van der Waals surface area contributed by atoms with E-state index in [1.807, 2.05) is 12.1 Å². The maximum absolute atomic E-state index is 13.1. The average molecular weight is 385 g/mol. The van der Waals surface area contributed by atoms with Crippen LogP contribution in [0.25, 0.3) is 0 Å². The molecular formula is C20H24FN5O2. The number of H-pyrrole nitrogens is 1. The van der Waals surface area contributed by atoms with Crippen molar-refractivity contribution in [2.24, 2.45) is 0 Å². The molecule has 4 rings (SSSR count). The molecule has 2 aliphatic rings. The number of aromatic nitrogens is 2. The van der Waals surface area contributed by atoms with Crippen LogP contribution in [0.1, 0.15) is 23.2 Å². The fourth-order valence-corrected chi connectivity index (χ4v) is 4.10. The third-order valence-electron chi connectivity index (χ3n) is 5.66. The number of nitrogens with one attached hydrogen (secondary N) is 1. The SMILES string of the molecule is O=C(c1cnc[nH]c1=O)N1CCC[C@@H](N2CCN(c3ccc(F)cc3)CC2)C1. The van der Waals surface area contributed by atoms with Gasteiger partial charge in [0.05, 0.1) is 6.33 Å². The Labute approximate surface area is 162 Å². The van der Waals surface area contributed by atoms with Gasteiger partial charge in [-0.1, -0.05) is 0 Å². The van der Waals surface area contributed by atoms with Crippen molar-refractivity contribution in [3.8, 4) is 0 Å². The van der Waals surface area contributed by atoms with Crippen LogP contribution in [0.5, 0.6) is 0 Å². The van der Waals surface area contributed by atoms with Crippen molar-refractivity contribution in [1.29, 1.82) is 0 Å². The second-order valence-corrected chi connectivity index (χ2v) is 7.34. The zero-order valence-corrected chi connectivity index (χ0v) is 15.7. The largest absolute Gasteiger partial charge is 0.369 e. The molecule has 0 spiro atoms. The van der Waals surface area contributed by atoms with E-state index in [4.69, 9.17) is 0 Å². The van der Waals surface area contributed by atoms with E-state index in [0.717, 1.165) is 44.7 Å². The fraction of sp³-hybridized carbons (Fsp3) is 0.450. The Balaban J connectivity index is 1.36. The molecule has 0 saturated carbocycles. The second kappa shape index (κ2) is 8.10. The molecule has 2 aliphatic heterocycles. The van der Waals surface area contributed by atoms with Crippen LogP contribution in [-0.2, 0) is 0 Å². The van der Waals surface area contributed by atoms with Crippen molar-refractivity contribution in [2.45, 2.75) is 18.9 Å². The van der Waals surface area contributed by atoms with E-state index in [1.54, 1.807) is 4.90 Å². The van der Waals surface area contributed by atoms with Gasteiger partial charge >= 0.3 is 0 Å². The summed E-state index contributed by atoms with van der Waals surface area (Å²) < 4.78 is 13.1. The lowest BCUT2D eigenvalue weighted by atomic mass is 10.0. The quantitative estimate of drug-likeness (QED) is 0.863. The summed E-state index contributed by atoms with van der Waals surface area (Å²) >= 11 is 0. The van der Waals surface area contributed by atoms with Crippen molar-refractivity contribution < 1.29 is 9.18 Å². The van der Waals surface area contributed by atoms with Crippen LogP contribution in [-0.4, -0.2) is 71.0 Å². The topological polar surface area (TPSA) is 72.5 Å². The van der Waals surface area contributed by atoms with Gasteiger partial charge in [-0.2, -0.15) is 0 Å². The molecule has 1 aromatic carbocycles. The Kier molecular flexibility index (Phi) is 5.38. The molecule has 2 saturated heterocycles. The number of halogens is 1.